The fourth-order valence-corrected chi connectivity index (χ4v) is 2.29. The van der Waals surface area contributed by atoms with Gasteiger partial charge in [-0.1, -0.05) is 54.2 Å². The van der Waals surface area contributed by atoms with E-state index in [1.807, 2.05) is 18.2 Å². The molecule has 6 heteroatoms. The molecule has 0 bridgehead atoms. The number of thiocarbonyl (C=S) groups is 1. The normalized spacial score (nSPS) is 11.7. The summed E-state index contributed by atoms with van der Waals surface area (Å²) in [7, 11) is 0. The lowest BCUT2D eigenvalue weighted by molar-refractivity contribution is 0.0947. The minimum atomic E-state index is -0.616. The largest absolute Gasteiger partial charge is 0.391 e. The molecule has 0 aliphatic carbocycles. The van der Waals surface area contributed by atoms with E-state index in [2.05, 4.69) is 5.32 Å². The Morgan fingerprint density at radius 3 is 2.48 bits per heavy atom. The molecule has 2 aromatic carbocycles. The van der Waals surface area contributed by atoms with Crippen LogP contribution in [0.4, 0.5) is 4.39 Å². The van der Waals surface area contributed by atoms with Crippen LogP contribution in [0.1, 0.15) is 22.0 Å². The smallest absolute Gasteiger partial charge is 0.253 e. The summed E-state index contributed by atoms with van der Waals surface area (Å²) < 4.78 is 13.0. The number of nitrogens with two attached hydrogens (primary N) is 1. The Labute approximate surface area is 131 Å². The van der Waals surface area contributed by atoms with Crippen molar-refractivity contribution in [1.29, 1.82) is 0 Å². The van der Waals surface area contributed by atoms with Gasteiger partial charge in [0.1, 0.15) is 16.8 Å². The van der Waals surface area contributed by atoms with Crippen LogP contribution in [-0.4, -0.2) is 10.9 Å². The highest BCUT2D eigenvalue weighted by Crippen LogP contribution is 2.19. The van der Waals surface area contributed by atoms with Gasteiger partial charge >= 0.3 is 0 Å². The highest BCUT2D eigenvalue weighted by atomic mass is 35.5. The second-order valence-corrected chi connectivity index (χ2v) is 5.22. The zero-order valence-corrected chi connectivity index (χ0v) is 12.4. The third-order valence-electron chi connectivity index (χ3n) is 2.87. The Hall–Kier alpha value is -1.98. The van der Waals surface area contributed by atoms with E-state index in [0.29, 0.717) is 0 Å². The van der Waals surface area contributed by atoms with Gasteiger partial charge in [0, 0.05) is 0 Å². The fourth-order valence-electron chi connectivity index (χ4n) is 1.85. The van der Waals surface area contributed by atoms with Crippen molar-refractivity contribution in [2.24, 2.45) is 5.73 Å². The van der Waals surface area contributed by atoms with Crippen molar-refractivity contribution in [3.8, 4) is 0 Å². The lowest BCUT2D eigenvalue weighted by Gasteiger charge is -2.18. The van der Waals surface area contributed by atoms with Crippen molar-refractivity contribution in [1.82, 2.24) is 5.32 Å². The molecule has 3 N–H and O–H groups in total. The first-order valence-corrected chi connectivity index (χ1v) is 6.88. The first kappa shape index (κ1) is 15.4. The summed E-state index contributed by atoms with van der Waals surface area (Å²) in [6, 6.07) is 12.0. The van der Waals surface area contributed by atoms with Crippen LogP contribution in [0, 0.1) is 5.82 Å². The van der Waals surface area contributed by atoms with Crippen LogP contribution in [0.25, 0.3) is 0 Å². The van der Waals surface area contributed by atoms with E-state index in [1.54, 1.807) is 12.1 Å². The zero-order valence-electron chi connectivity index (χ0n) is 10.8. The monoisotopic (exact) mass is 322 g/mol. The number of nitrogens with one attached hydrogen (secondary N) is 1. The lowest BCUT2D eigenvalue weighted by Crippen LogP contribution is -2.36. The molecule has 0 aliphatic rings. The molecule has 1 amide bonds. The molecule has 1 atom stereocenters. The standard InChI is InChI=1S/C15H12ClFN2OS/c16-12-8-10(17)6-7-11(12)15(20)19-13(14(18)21)9-4-2-1-3-5-9/h1-8,13H,(H2,18,21)(H,19,20). The molecule has 0 radical (unpaired) electrons. The first-order valence-electron chi connectivity index (χ1n) is 6.09. The van der Waals surface area contributed by atoms with Gasteiger partial charge in [0.2, 0.25) is 0 Å². The zero-order chi connectivity index (χ0) is 15.4. The Kier molecular flexibility index (Phi) is 4.88. The Morgan fingerprint density at radius 2 is 1.90 bits per heavy atom. The van der Waals surface area contributed by atoms with Gasteiger partial charge in [-0.25, -0.2) is 4.39 Å². The second kappa shape index (κ2) is 6.65. The predicted molar refractivity (Wildman–Crippen MR) is 84.8 cm³/mol. The van der Waals surface area contributed by atoms with Crippen molar-refractivity contribution < 1.29 is 9.18 Å². The molecule has 21 heavy (non-hydrogen) atoms. The van der Waals surface area contributed by atoms with Crippen molar-refractivity contribution in [2.75, 3.05) is 0 Å². The van der Waals surface area contributed by atoms with Crippen LogP contribution < -0.4 is 11.1 Å². The molecular weight excluding hydrogens is 311 g/mol. The molecule has 3 nitrogen and oxygen atoms in total. The molecule has 0 saturated carbocycles. The van der Waals surface area contributed by atoms with E-state index in [9.17, 15) is 9.18 Å². The van der Waals surface area contributed by atoms with Crippen LogP contribution in [0.3, 0.4) is 0 Å². The summed E-state index contributed by atoms with van der Waals surface area (Å²) >= 11 is 10.9. The number of hydrogen-bond acceptors (Lipinski definition) is 2. The molecule has 0 aromatic heterocycles. The molecule has 108 valence electrons. The maximum absolute atomic E-state index is 13.0. The summed E-state index contributed by atoms with van der Waals surface area (Å²) in [6.45, 7) is 0. The van der Waals surface area contributed by atoms with Crippen LogP contribution in [0.5, 0.6) is 0 Å². The summed E-state index contributed by atoms with van der Waals surface area (Å²) in [4.78, 5) is 12.4. The maximum atomic E-state index is 13.0. The molecule has 2 rings (SSSR count). The number of amides is 1. The highest BCUT2D eigenvalue weighted by molar-refractivity contribution is 7.80. The van der Waals surface area contributed by atoms with E-state index in [1.165, 1.54) is 12.1 Å². The first-order chi connectivity index (χ1) is 9.99. The Bertz CT molecular complexity index is 679. The molecule has 0 spiro atoms. The third-order valence-corrected chi connectivity index (χ3v) is 3.42. The van der Waals surface area contributed by atoms with E-state index >= 15 is 0 Å². The number of halogens is 2. The average molecular weight is 323 g/mol. The van der Waals surface area contributed by atoms with Crippen molar-refractivity contribution in [3.63, 3.8) is 0 Å². The fraction of sp³-hybridized carbons (Fsp3) is 0.0667. The second-order valence-electron chi connectivity index (χ2n) is 4.34. The van der Waals surface area contributed by atoms with E-state index < -0.39 is 17.8 Å². The molecule has 1 unspecified atom stereocenters. The van der Waals surface area contributed by atoms with Crippen LogP contribution in [-0.2, 0) is 0 Å². The van der Waals surface area contributed by atoms with Gasteiger partial charge in [0.05, 0.1) is 10.6 Å². The van der Waals surface area contributed by atoms with Gasteiger partial charge in [-0.15, -0.1) is 0 Å². The maximum Gasteiger partial charge on any atom is 0.253 e. The van der Waals surface area contributed by atoms with Gasteiger partial charge in [-0.05, 0) is 23.8 Å². The van der Waals surface area contributed by atoms with E-state index in [-0.39, 0.29) is 15.6 Å². The van der Waals surface area contributed by atoms with Gasteiger partial charge in [-0.3, -0.25) is 4.79 Å². The predicted octanol–water partition coefficient (Wildman–Crippen LogP) is 3.24. The molecule has 0 saturated heterocycles. The molecular formula is C15H12ClFN2OS. The summed E-state index contributed by atoms with van der Waals surface area (Å²) in [5.41, 5.74) is 6.60. The molecule has 0 fully saturated rings. The number of carbonyl (C=O) groups is 1. The Balaban J connectivity index is 2.25. The number of carbonyl (C=O) groups excluding carboxylic acids is 1. The topological polar surface area (TPSA) is 55.1 Å². The van der Waals surface area contributed by atoms with Crippen molar-refractivity contribution >= 4 is 34.7 Å². The molecule has 0 aliphatic heterocycles. The number of benzene rings is 2. The average Bonchev–Trinajstić information content (AvgIpc) is 2.45. The minimum Gasteiger partial charge on any atom is -0.391 e. The quantitative estimate of drug-likeness (QED) is 0.850. The van der Waals surface area contributed by atoms with Crippen LogP contribution >= 0.6 is 23.8 Å². The Morgan fingerprint density at radius 1 is 1.24 bits per heavy atom. The summed E-state index contributed by atoms with van der Waals surface area (Å²) in [5.74, 6) is -0.979. The molecule has 2 aromatic rings. The number of hydrogen-bond donors (Lipinski definition) is 2. The van der Waals surface area contributed by atoms with Gasteiger partial charge in [0.25, 0.3) is 5.91 Å². The molecule has 0 heterocycles. The van der Waals surface area contributed by atoms with Crippen LogP contribution in [0.2, 0.25) is 5.02 Å². The summed E-state index contributed by atoms with van der Waals surface area (Å²) in [6.07, 6.45) is 0. The van der Waals surface area contributed by atoms with Gasteiger partial charge in [0.15, 0.2) is 0 Å². The lowest BCUT2D eigenvalue weighted by atomic mass is 10.1. The van der Waals surface area contributed by atoms with E-state index in [4.69, 9.17) is 29.6 Å². The van der Waals surface area contributed by atoms with Gasteiger partial charge in [-0.2, -0.15) is 0 Å². The summed E-state index contributed by atoms with van der Waals surface area (Å²) in [5, 5.41) is 2.73. The van der Waals surface area contributed by atoms with E-state index in [0.717, 1.165) is 11.6 Å². The van der Waals surface area contributed by atoms with Gasteiger partial charge < -0.3 is 11.1 Å². The van der Waals surface area contributed by atoms with Crippen LogP contribution in [0.15, 0.2) is 48.5 Å². The minimum absolute atomic E-state index is 0.0299. The number of rotatable bonds is 4. The third kappa shape index (κ3) is 3.77. The highest BCUT2D eigenvalue weighted by Gasteiger charge is 2.19. The van der Waals surface area contributed by atoms with Crippen molar-refractivity contribution in [2.45, 2.75) is 6.04 Å². The van der Waals surface area contributed by atoms with Crippen molar-refractivity contribution in [3.05, 3.63) is 70.5 Å². The SMILES string of the molecule is NC(=S)C(NC(=O)c1ccc(F)cc1Cl)c1ccccc1.